The number of hydrogen-bond acceptors (Lipinski definition) is 6. The van der Waals surface area contributed by atoms with Crippen molar-refractivity contribution >= 4 is 34.1 Å². The zero-order valence-electron chi connectivity index (χ0n) is 20.3. The maximum absolute atomic E-state index is 12.9. The largest absolute Gasteiger partial charge is 0.389 e. The minimum absolute atomic E-state index is 0.00578. The Kier molecular flexibility index (Phi) is 6.05. The lowest BCUT2D eigenvalue weighted by atomic mass is 9.76. The number of carbonyl (C=O) groups excluding carboxylic acids is 1. The van der Waals surface area contributed by atoms with E-state index in [-0.39, 0.29) is 23.0 Å². The molecule has 4 aliphatic rings. The fourth-order valence-corrected chi connectivity index (χ4v) is 6.71. The Hall–Kier alpha value is -1.77. The summed E-state index contributed by atoms with van der Waals surface area (Å²) in [5.41, 5.74) is 0.798. The van der Waals surface area contributed by atoms with E-state index in [0.29, 0.717) is 31.6 Å². The minimum atomic E-state index is -0.445. The number of piperidine rings is 1. The number of rotatable bonds is 4. The van der Waals surface area contributed by atoms with Crippen LogP contribution in [0.15, 0.2) is 24.4 Å². The summed E-state index contributed by atoms with van der Waals surface area (Å²) in [7, 11) is 0. The Morgan fingerprint density at radius 2 is 2.00 bits per heavy atom. The van der Waals surface area contributed by atoms with Gasteiger partial charge in [-0.25, -0.2) is 4.98 Å². The predicted octanol–water partition coefficient (Wildman–Crippen LogP) is 4.12. The average molecular weight is 500 g/mol. The van der Waals surface area contributed by atoms with Gasteiger partial charge in [-0.2, -0.15) is 0 Å². The van der Waals surface area contributed by atoms with E-state index in [2.05, 4.69) is 28.2 Å². The molecule has 1 saturated carbocycles. The van der Waals surface area contributed by atoms with Crippen molar-refractivity contribution in [2.45, 2.75) is 68.6 Å². The molecule has 3 unspecified atom stereocenters. The number of nitrogens with zero attached hydrogens (tertiary/aromatic N) is 2. The Morgan fingerprint density at radius 3 is 2.66 bits per heavy atom. The molecule has 1 amide bonds. The molecular formula is C27H34ClN3O4. The van der Waals surface area contributed by atoms with Gasteiger partial charge >= 0.3 is 0 Å². The van der Waals surface area contributed by atoms with E-state index in [1.807, 2.05) is 12.1 Å². The molecule has 4 heterocycles. The van der Waals surface area contributed by atoms with Gasteiger partial charge in [0.25, 0.3) is 0 Å². The first-order valence-electron chi connectivity index (χ1n) is 12.9. The second-order valence-electron chi connectivity index (χ2n) is 11.2. The summed E-state index contributed by atoms with van der Waals surface area (Å²) < 4.78 is 11.5. The van der Waals surface area contributed by atoms with Gasteiger partial charge in [0.2, 0.25) is 5.91 Å². The van der Waals surface area contributed by atoms with E-state index in [4.69, 9.17) is 21.1 Å². The number of amides is 1. The number of carbonyl (C=O) groups is 1. The molecule has 6 rings (SSSR count). The van der Waals surface area contributed by atoms with Gasteiger partial charge in [0.05, 0.1) is 43.0 Å². The molecule has 1 spiro atoms. The summed E-state index contributed by atoms with van der Waals surface area (Å²) in [5.74, 6) is 0.813. The highest BCUT2D eigenvalue weighted by Crippen LogP contribution is 2.45. The van der Waals surface area contributed by atoms with Crippen LogP contribution in [0.1, 0.15) is 56.9 Å². The van der Waals surface area contributed by atoms with Gasteiger partial charge in [0.15, 0.2) is 0 Å². The van der Waals surface area contributed by atoms with Gasteiger partial charge in [0, 0.05) is 16.6 Å². The quantitative estimate of drug-likeness (QED) is 0.658. The number of hydrogen-bond donors (Lipinski definition) is 2. The van der Waals surface area contributed by atoms with Crippen LogP contribution in [0.4, 0.5) is 5.82 Å². The summed E-state index contributed by atoms with van der Waals surface area (Å²) in [6.45, 7) is 5.39. The molecule has 3 saturated heterocycles. The number of benzene rings is 1. The summed E-state index contributed by atoms with van der Waals surface area (Å²) >= 11 is 6.72. The molecule has 0 radical (unpaired) electrons. The lowest BCUT2D eigenvalue weighted by Gasteiger charge is -2.43. The monoisotopic (exact) mass is 499 g/mol. The second-order valence-corrected chi connectivity index (χ2v) is 11.6. The fourth-order valence-electron chi connectivity index (χ4n) is 6.38. The van der Waals surface area contributed by atoms with Crippen LogP contribution in [-0.2, 0) is 14.3 Å². The molecule has 1 aromatic heterocycles. The van der Waals surface area contributed by atoms with E-state index in [1.54, 1.807) is 6.20 Å². The third kappa shape index (κ3) is 4.25. The van der Waals surface area contributed by atoms with Gasteiger partial charge in [-0.05, 0) is 93.6 Å². The molecule has 3 aliphatic heterocycles. The lowest BCUT2D eigenvalue weighted by Crippen LogP contribution is -2.56. The van der Waals surface area contributed by atoms with Crippen LogP contribution in [0.5, 0.6) is 0 Å². The SMILES string of the molecule is CC1(N2CCC(c3cc4cc(NC(=O)C5COC6(CCC6)C5)ncc4cc3Cl)CC2)COCC1O. The molecule has 2 aromatic rings. The number of anilines is 1. The van der Waals surface area contributed by atoms with E-state index in [1.165, 1.54) is 6.42 Å². The molecule has 4 fully saturated rings. The smallest absolute Gasteiger partial charge is 0.231 e. The van der Waals surface area contributed by atoms with Crippen molar-refractivity contribution < 1.29 is 19.4 Å². The number of fused-ring (bicyclic) bond motifs is 1. The highest BCUT2D eigenvalue weighted by atomic mass is 35.5. The first-order valence-corrected chi connectivity index (χ1v) is 13.3. The van der Waals surface area contributed by atoms with Crippen molar-refractivity contribution in [3.8, 4) is 0 Å². The molecule has 1 aromatic carbocycles. The Labute approximate surface area is 211 Å². The molecule has 0 bridgehead atoms. The van der Waals surface area contributed by atoms with E-state index in [0.717, 1.165) is 66.6 Å². The van der Waals surface area contributed by atoms with Crippen LogP contribution in [0.3, 0.4) is 0 Å². The van der Waals surface area contributed by atoms with Crippen molar-refractivity contribution in [2.75, 3.05) is 38.2 Å². The van der Waals surface area contributed by atoms with Crippen LogP contribution < -0.4 is 5.32 Å². The second kappa shape index (κ2) is 8.96. The number of pyridine rings is 1. The minimum Gasteiger partial charge on any atom is -0.389 e. The maximum Gasteiger partial charge on any atom is 0.231 e. The number of halogens is 1. The van der Waals surface area contributed by atoms with Crippen LogP contribution in [0, 0.1) is 5.92 Å². The first-order chi connectivity index (χ1) is 16.9. The molecule has 188 valence electrons. The third-order valence-electron chi connectivity index (χ3n) is 8.98. The number of aliphatic hydroxyl groups excluding tert-OH is 1. The van der Waals surface area contributed by atoms with Crippen LogP contribution in [0.25, 0.3) is 10.8 Å². The zero-order valence-corrected chi connectivity index (χ0v) is 21.0. The van der Waals surface area contributed by atoms with Crippen LogP contribution in [0.2, 0.25) is 5.02 Å². The van der Waals surface area contributed by atoms with Gasteiger partial charge in [0.1, 0.15) is 5.82 Å². The highest BCUT2D eigenvalue weighted by molar-refractivity contribution is 6.32. The van der Waals surface area contributed by atoms with Gasteiger partial charge in [-0.3, -0.25) is 9.69 Å². The van der Waals surface area contributed by atoms with Crippen molar-refractivity contribution in [3.63, 3.8) is 0 Å². The normalized spacial score (nSPS) is 31.2. The molecule has 8 heteroatoms. The number of nitrogens with one attached hydrogen (secondary N) is 1. The van der Waals surface area contributed by atoms with E-state index >= 15 is 0 Å². The van der Waals surface area contributed by atoms with Crippen molar-refractivity contribution in [1.82, 2.24) is 9.88 Å². The van der Waals surface area contributed by atoms with E-state index in [9.17, 15) is 9.90 Å². The molecule has 2 N–H and O–H groups in total. The van der Waals surface area contributed by atoms with Gasteiger partial charge in [-0.15, -0.1) is 0 Å². The maximum atomic E-state index is 12.9. The Bertz CT molecular complexity index is 1130. The van der Waals surface area contributed by atoms with Crippen molar-refractivity contribution in [3.05, 3.63) is 35.0 Å². The fraction of sp³-hybridized carbons (Fsp3) is 0.630. The van der Waals surface area contributed by atoms with Crippen molar-refractivity contribution in [1.29, 1.82) is 0 Å². The van der Waals surface area contributed by atoms with Crippen LogP contribution in [-0.4, -0.2) is 71.1 Å². The summed E-state index contributed by atoms with van der Waals surface area (Å²) in [6, 6.07) is 6.09. The lowest BCUT2D eigenvalue weighted by molar-refractivity contribution is -0.119. The standard InChI is InChI=1S/C27H34ClN3O4/c1-26(16-34-15-23(26)32)31-7-3-17(4-8-31)21-9-18-11-24(29-13-19(18)10-22(21)28)30-25(33)20-12-27(35-14-20)5-2-6-27/h9-11,13,17,20,23,32H,2-8,12,14-16H2,1H3,(H,29,30,33). The third-order valence-corrected chi connectivity index (χ3v) is 9.31. The highest BCUT2D eigenvalue weighted by Gasteiger charge is 2.47. The predicted molar refractivity (Wildman–Crippen MR) is 135 cm³/mol. The zero-order chi connectivity index (χ0) is 24.2. The molecule has 3 atom stereocenters. The average Bonchev–Trinajstić information content (AvgIpc) is 3.44. The molecule has 7 nitrogen and oxygen atoms in total. The summed E-state index contributed by atoms with van der Waals surface area (Å²) in [5, 5.41) is 16.2. The number of aliphatic hydroxyl groups is 1. The van der Waals surface area contributed by atoms with Gasteiger partial charge < -0.3 is 19.9 Å². The number of ether oxygens (including phenoxy) is 2. The number of aromatic nitrogens is 1. The van der Waals surface area contributed by atoms with E-state index < -0.39 is 6.10 Å². The molecular weight excluding hydrogens is 466 g/mol. The Morgan fingerprint density at radius 1 is 1.20 bits per heavy atom. The number of likely N-dealkylation sites (tertiary alicyclic amines) is 1. The topological polar surface area (TPSA) is 83.9 Å². The molecule has 35 heavy (non-hydrogen) atoms. The van der Waals surface area contributed by atoms with Crippen LogP contribution >= 0.6 is 11.6 Å². The summed E-state index contributed by atoms with van der Waals surface area (Å²) in [6.07, 6.45) is 7.44. The molecule has 1 aliphatic carbocycles. The first kappa shape index (κ1) is 23.6. The van der Waals surface area contributed by atoms with Gasteiger partial charge in [-0.1, -0.05) is 11.6 Å². The Balaban J connectivity index is 1.15. The van der Waals surface area contributed by atoms with Crippen molar-refractivity contribution in [2.24, 2.45) is 5.92 Å². The summed E-state index contributed by atoms with van der Waals surface area (Å²) in [4.78, 5) is 19.7.